The maximum absolute atomic E-state index is 12.9. The minimum atomic E-state index is -0.839. The number of allylic oxidation sites excluding steroid dienone is 32. The molecule has 0 rings (SSSR count). The molecule has 438 valence electrons. The lowest BCUT2D eigenvalue weighted by atomic mass is 10.1. The van der Waals surface area contributed by atoms with Crippen LogP contribution in [0.5, 0.6) is 0 Å². The van der Waals surface area contributed by atoms with Crippen LogP contribution in [0.3, 0.4) is 0 Å². The monoisotopic (exact) mass is 1080 g/mol. The predicted octanol–water partition coefficient (Wildman–Crippen LogP) is 21.4. The van der Waals surface area contributed by atoms with Gasteiger partial charge in [-0.1, -0.05) is 254 Å². The molecule has 0 saturated carbocycles. The van der Waals surface area contributed by atoms with Gasteiger partial charge in [0.05, 0.1) is 0 Å². The van der Waals surface area contributed by atoms with Crippen molar-refractivity contribution < 1.29 is 28.6 Å². The van der Waals surface area contributed by atoms with Crippen LogP contribution in [0.1, 0.15) is 226 Å². The predicted molar refractivity (Wildman–Crippen MR) is 343 cm³/mol. The first-order valence-corrected chi connectivity index (χ1v) is 30.9. The maximum atomic E-state index is 12.9. The topological polar surface area (TPSA) is 78.9 Å². The quantitative estimate of drug-likeness (QED) is 0.0261. The minimum Gasteiger partial charge on any atom is -0.462 e. The molecule has 0 heterocycles. The molecular formula is C73H110O6. The van der Waals surface area contributed by atoms with Gasteiger partial charge >= 0.3 is 17.9 Å². The fourth-order valence-electron chi connectivity index (χ4n) is 7.58. The van der Waals surface area contributed by atoms with Crippen molar-refractivity contribution in [2.24, 2.45) is 0 Å². The van der Waals surface area contributed by atoms with Gasteiger partial charge in [0.25, 0.3) is 0 Å². The summed E-state index contributed by atoms with van der Waals surface area (Å²) in [5.74, 6) is -1.06. The Balaban J connectivity index is 4.51. The van der Waals surface area contributed by atoms with Crippen LogP contribution in [-0.2, 0) is 28.6 Å². The molecule has 6 heteroatoms. The van der Waals surface area contributed by atoms with Crippen molar-refractivity contribution in [3.05, 3.63) is 194 Å². The summed E-state index contributed by atoms with van der Waals surface area (Å²) in [5.41, 5.74) is 0. The molecule has 1 unspecified atom stereocenters. The third-order valence-corrected chi connectivity index (χ3v) is 12.1. The van der Waals surface area contributed by atoms with Crippen molar-refractivity contribution in [3.8, 4) is 0 Å². The van der Waals surface area contributed by atoms with Crippen molar-refractivity contribution in [1.29, 1.82) is 0 Å². The number of carbonyl (C=O) groups excluding carboxylic acids is 3. The molecule has 0 bridgehead atoms. The largest absolute Gasteiger partial charge is 0.462 e. The number of carbonyl (C=O) groups is 3. The summed E-state index contributed by atoms with van der Waals surface area (Å²) in [7, 11) is 0. The normalized spacial score (nSPS) is 13.5. The molecule has 0 aliphatic heterocycles. The second kappa shape index (κ2) is 64.8. The molecule has 6 nitrogen and oxygen atoms in total. The van der Waals surface area contributed by atoms with Gasteiger partial charge in [0.2, 0.25) is 0 Å². The van der Waals surface area contributed by atoms with Gasteiger partial charge in [-0.3, -0.25) is 14.4 Å². The van der Waals surface area contributed by atoms with Gasteiger partial charge in [0.15, 0.2) is 6.10 Å². The SMILES string of the molecule is CC/C=C\C/C=C\C/C=C\C/C=C\C/C=C\C/C=C\C/C=C\CCCCCCCC(=O)OCC(COC(=O)CC/C=C\C/C=C\C/C=C\C/C=C\CC)OC(=O)CCCCCCC/C=C\C/C=C\C/C=C\C/C=C\C/C=C\CC. The number of hydrogen-bond donors (Lipinski definition) is 0. The Morgan fingerprint density at radius 2 is 0.481 bits per heavy atom. The maximum Gasteiger partial charge on any atom is 0.306 e. The van der Waals surface area contributed by atoms with Crippen molar-refractivity contribution in [3.63, 3.8) is 0 Å². The molecule has 0 spiro atoms. The average Bonchev–Trinajstić information content (AvgIpc) is 3.45. The zero-order valence-corrected chi connectivity index (χ0v) is 50.0. The fourth-order valence-corrected chi connectivity index (χ4v) is 7.58. The average molecular weight is 1080 g/mol. The summed E-state index contributed by atoms with van der Waals surface area (Å²) in [4.78, 5) is 38.2. The van der Waals surface area contributed by atoms with Gasteiger partial charge < -0.3 is 14.2 Å². The zero-order valence-electron chi connectivity index (χ0n) is 50.0. The Bertz CT molecular complexity index is 1920. The van der Waals surface area contributed by atoms with E-state index in [4.69, 9.17) is 14.2 Å². The van der Waals surface area contributed by atoms with Gasteiger partial charge in [-0.25, -0.2) is 0 Å². The number of esters is 3. The first-order valence-electron chi connectivity index (χ1n) is 30.9. The second-order valence-corrected chi connectivity index (χ2v) is 19.5. The van der Waals surface area contributed by atoms with E-state index in [0.29, 0.717) is 12.8 Å². The first kappa shape index (κ1) is 73.2. The smallest absolute Gasteiger partial charge is 0.306 e. The highest BCUT2D eigenvalue weighted by Crippen LogP contribution is 2.12. The van der Waals surface area contributed by atoms with Crippen molar-refractivity contribution in [2.45, 2.75) is 232 Å². The Hall–Kier alpha value is -5.75. The Labute approximate surface area is 484 Å². The summed E-state index contributed by atoms with van der Waals surface area (Å²) in [5, 5.41) is 0. The van der Waals surface area contributed by atoms with Gasteiger partial charge in [-0.05, 0) is 148 Å². The Morgan fingerprint density at radius 1 is 0.253 bits per heavy atom. The third-order valence-electron chi connectivity index (χ3n) is 12.1. The van der Waals surface area contributed by atoms with Crippen LogP contribution >= 0.6 is 0 Å². The fraction of sp³-hybridized carbons (Fsp3) is 0.521. The molecule has 1 atom stereocenters. The minimum absolute atomic E-state index is 0.130. The van der Waals surface area contributed by atoms with Gasteiger partial charge in [-0.2, -0.15) is 0 Å². The second-order valence-electron chi connectivity index (χ2n) is 19.5. The van der Waals surface area contributed by atoms with Crippen LogP contribution in [0.15, 0.2) is 194 Å². The number of hydrogen-bond acceptors (Lipinski definition) is 6. The summed E-state index contributed by atoms with van der Waals surface area (Å²) in [6.45, 7) is 6.18. The summed E-state index contributed by atoms with van der Waals surface area (Å²) >= 11 is 0. The molecule has 0 saturated heterocycles. The lowest BCUT2D eigenvalue weighted by Gasteiger charge is -2.18. The van der Waals surface area contributed by atoms with Crippen LogP contribution in [0.2, 0.25) is 0 Å². The molecular weight excluding hydrogens is 973 g/mol. The summed E-state index contributed by atoms with van der Waals surface area (Å²) in [6, 6.07) is 0. The van der Waals surface area contributed by atoms with Crippen LogP contribution in [0.25, 0.3) is 0 Å². The molecule has 0 aromatic heterocycles. The van der Waals surface area contributed by atoms with Crippen molar-refractivity contribution in [2.75, 3.05) is 13.2 Å². The van der Waals surface area contributed by atoms with E-state index in [1.54, 1.807) is 0 Å². The van der Waals surface area contributed by atoms with Gasteiger partial charge in [0.1, 0.15) is 13.2 Å². The first-order chi connectivity index (χ1) is 39.0. The van der Waals surface area contributed by atoms with E-state index < -0.39 is 6.10 Å². The molecule has 0 N–H and O–H groups in total. The van der Waals surface area contributed by atoms with Crippen LogP contribution in [-0.4, -0.2) is 37.2 Å². The number of ether oxygens (including phenoxy) is 3. The molecule has 0 amide bonds. The Morgan fingerprint density at radius 3 is 0.785 bits per heavy atom. The highest BCUT2D eigenvalue weighted by molar-refractivity contribution is 5.71. The zero-order chi connectivity index (χ0) is 57.1. The van der Waals surface area contributed by atoms with E-state index in [0.717, 1.165) is 180 Å². The molecule has 0 fully saturated rings. The van der Waals surface area contributed by atoms with E-state index in [-0.39, 0.29) is 44.0 Å². The molecule has 0 aliphatic carbocycles. The van der Waals surface area contributed by atoms with E-state index in [9.17, 15) is 14.4 Å². The van der Waals surface area contributed by atoms with Crippen LogP contribution in [0.4, 0.5) is 0 Å². The standard InChI is InChI=1S/C73H110O6/c1-4-7-10-13-16-19-22-25-27-29-31-33-34-35-36-37-38-40-41-43-45-48-51-54-57-60-63-66-72(75)78-69-70(68-77-71(74)65-62-59-56-53-50-47-24-21-18-15-12-9-6-3)79-73(76)67-64-61-58-55-52-49-46-44-42-39-32-30-28-26-23-20-17-14-11-8-5-2/h7-12,16-21,25-28,31-33,35-36,38-40,43-47,50,56,59,70H,4-6,13-15,22-24,29-30,34,37,41-42,48-49,51-55,57-58,60-69H2,1-3H3/b10-7-,11-8-,12-9-,19-16-,20-17-,21-18-,27-25-,28-26-,33-31-,36-35-,39-32-,40-38-,45-43-,46-44-,50-47-,59-56-. The van der Waals surface area contributed by atoms with Crippen LogP contribution < -0.4 is 0 Å². The summed E-state index contributed by atoms with van der Waals surface area (Å²) < 4.78 is 16.8. The van der Waals surface area contributed by atoms with E-state index in [1.807, 2.05) is 12.2 Å². The number of unbranched alkanes of at least 4 members (excludes halogenated alkanes) is 10. The molecule has 79 heavy (non-hydrogen) atoms. The third kappa shape index (κ3) is 63.0. The van der Waals surface area contributed by atoms with E-state index >= 15 is 0 Å². The van der Waals surface area contributed by atoms with Gasteiger partial charge in [0, 0.05) is 19.3 Å². The number of rotatable bonds is 53. The Kier molecular flexibility index (Phi) is 60.1. The van der Waals surface area contributed by atoms with Gasteiger partial charge in [-0.15, -0.1) is 0 Å². The highest BCUT2D eigenvalue weighted by atomic mass is 16.6. The van der Waals surface area contributed by atoms with Crippen molar-refractivity contribution >= 4 is 17.9 Å². The molecule has 0 radical (unpaired) electrons. The molecule has 0 aromatic carbocycles. The lowest BCUT2D eigenvalue weighted by Crippen LogP contribution is -2.30. The molecule has 0 aromatic rings. The molecule has 0 aliphatic rings. The van der Waals surface area contributed by atoms with Crippen LogP contribution in [0, 0.1) is 0 Å². The summed E-state index contributed by atoms with van der Waals surface area (Å²) in [6.07, 6.45) is 98.7. The van der Waals surface area contributed by atoms with E-state index in [1.165, 1.54) is 0 Å². The van der Waals surface area contributed by atoms with E-state index in [2.05, 4.69) is 203 Å². The highest BCUT2D eigenvalue weighted by Gasteiger charge is 2.19. The van der Waals surface area contributed by atoms with Crippen molar-refractivity contribution in [1.82, 2.24) is 0 Å². The lowest BCUT2D eigenvalue weighted by molar-refractivity contribution is -0.166.